The van der Waals surface area contributed by atoms with E-state index in [-0.39, 0.29) is 52.7 Å². The summed E-state index contributed by atoms with van der Waals surface area (Å²) in [5.74, 6) is -2.16. The summed E-state index contributed by atoms with van der Waals surface area (Å²) in [7, 11) is 4.32. The molecule has 11 heteroatoms. The predicted octanol–water partition coefficient (Wildman–Crippen LogP) is 4.62. The van der Waals surface area contributed by atoms with Gasteiger partial charge in [0, 0.05) is 37.3 Å². The van der Waals surface area contributed by atoms with E-state index in [1.54, 1.807) is 31.2 Å². The SMILES string of the molecule is COc1cc(C(CC(=O)NCC(C)O)c2c(O)cc3c(c2O)C(=O)OC(C)CCCC(=O)CCCC=C3)cc(OC)c1OC. The molecule has 2 aromatic carbocycles. The third-order valence-corrected chi connectivity index (χ3v) is 7.47. The second-order valence-electron chi connectivity index (χ2n) is 10.9. The number of ketones is 1. The monoisotopic (exact) mass is 613 g/mol. The molecule has 11 nitrogen and oxygen atoms in total. The average Bonchev–Trinajstić information content (AvgIpc) is 2.97. The summed E-state index contributed by atoms with van der Waals surface area (Å²) >= 11 is 0. The molecule has 0 fully saturated rings. The van der Waals surface area contributed by atoms with Crippen LogP contribution in [0.5, 0.6) is 28.7 Å². The molecule has 4 N–H and O–H groups in total. The first-order valence-corrected chi connectivity index (χ1v) is 14.7. The molecule has 0 radical (unpaired) electrons. The number of carbonyl (C=O) groups is 3. The van der Waals surface area contributed by atoms with Crippen LogP contribution in [-0.4, -0.2) is 73.1 Å². The van der Waals surface area contributed by atoms with Gasteiger partial charge in [0.05, 0.1) is 33.5 Å². The van der Waals surface area contributed by atoms with Crippen LogP contribution in [-0.2, 0) is 14.3 Å². The first-order valence-electron chi connectivity index (χ1n) is 14.7. The number of nitrogens with one attached hydrogen (secondary N) is 1. The molecule has 1 heterocycles. The van der Waals surface area contributed by atoms with Gasteiger partial charge in [-0.05, 0) is 68.9 Å². The fraction of sp³-hybridized carbons (Fsp3) is 0.485. The average molecular weight is 614 g/mol. The first-order chi connectivity index (χ1) is 21.0. The van der Waals surface area contributed by atoms with Gasteiger partial charge in [0.15, 0.2) is 11.5 Å². The van der Waals surface area contributed by atoms with Gasteiger partial charge in [-0.15, -0.1) is 0 Å². The number of carbonyl (C=O) groups excluding carboxylic acids is 3. The summed E-state index contributed by atoms with van der Waals surface area (Å²) in [6.07, 6.45) is 4.81. The molecule has 3 rings (SSSR count). The van der Waals surface area contributed by atoms with Crippen molar-refractivity contribution in [2.24, 2.45) is 0 Å². The first kappa shape index (κ1) is 34.2. The minimum atomic E-state index is -1.00. The fourth-order valence-electron chi connectivity index (χ4n) is 5.23. The van der Waals surface area contributed by atoms with Gasteiger partial charge < -0.3 is 39.6 Å². The Hall–Kier alpha value is -4.25. The number of rotatable bonds is 9. The molecule has 0 saturated heterocycles. The van der Waals surface area contributed by atoms with Crippen molar-refractivity contribution in [2.75, 3.05) is 27.9 Å². The second kappa shape index (κ2) is 16.0. The molecule has 1 aliphatic rings. The number of benzene rings is 2. The van der Waals surface area contributed by atoms with Gasteiger partial charge in [0.25, 0.3) is 0 Å². The van der Waals surface area contributed by atoms with Gasteiger partial charge in [0.2, 0.25) is 11.7 Å². The smallest absolute Gasteiger partial charge is 0.342 e. The lowest BCUT2D eigenvalue weighted by Gasteiger charge is -2.24. The number of aliphatic hydroxyl groups is 1. The number of aromatic hydroxyl groups is 2. The van der Waals surface area contributed by atoms with Crippen LogP contribution in [0.15, 0.2) is 24.3 Å². The Morgan fingerprint density at radius 2 is 1.70 bits per heavy atom. The summed E-state index contributed by atoms with van der Waals surface area (Å²) < 4.78 is 22.1. The van der Waals surface area contributed by atoms with Crippen LogP contribution in [0.4, 0.5) is 0 Å². The number of esters is 1. The highest BCUT2D eigenvalue weighted by atomic mass is 16.5. The maximum Gasteiger partial charge on any atom is 0.342 e. The molecule has 0 aromatic heterocycles. The van der Waals surface area contributed by atoms with Crippen molar-refractivity contribution in [1.29, 1.82) is 0 Å². The van der Waals surface area contributed by atoms with Crippen molar-refractivity contribution in [1.82, 2.24) is 5.32 Å². The number of allylic oxidation sites excluding steroid dienone is 1. The Labute approximate surface area is 257 Å². The van der Waals surface area contributed by atoms with Crippen LogP contribution in [0, 0.1) is 0 Å². The summed E-state index contributed by atoms with van der Waals surface area (Å²) in [6, 6.07) is 4.55. The van der Waals surface area contributed by atoms with Crippen LogP contribution < -0.4 is 19.5 Å². The largest absolute Gasteiger partial charge is 0.507 e. The van der Waals surface area contributed by atoms with Crippen LogP contribution in [0.25, 0.3) is 6.08 Å². The Kier molecular flexibility index (Phi) is 12.5. The number of methoxy groups -OCH3 is 3. The van der Waals surface area contributed by atoms with E-state index in [1.165, 1.54) is 34.3 Å². The van der Waals surface area contributed by atoms with E-state index in [2.05, 4.69) is 5.32 Å². The lowest BCUT2D eigenvalue weighted by Crippen LogP contribution is -2.31. The minimum absolute atomic E-state index is 0.0104. The number of ether oxygens (including phenoxy) is 4. The normalized spacial score (nSPS) is 17.5. The standard InChI is InChI=1S/C33H43NO10/c1-19(35)18-34-28(38)17-24(22-15-26(41-3)32(43-5)27(16-22)42-4)30-25(37)14-21-11-7-6-8-12-23(36)13-9-10-20(2)44-33(40)29(21)31(30)39/h7,11,14-16,19-20,24,35,37,39H,6,8-10,12-13,17-18H2,1-5H3,(H,34,38). The highest BCUT2D eigenvalue weighted by molar-refractivity contribution is 5.98. The zero-order valence-corrected chi connectivity index (χ0v) is 26.0. The van der Waals surface area contributed by atoms with E-state index in [4.69, 9.17) is 18.9 Å². The Morgan fingerprint density at radius 3 is 2.32 bits per heavy atom. The van der Waals surface area contributed by atoms with Gasteiger partial charge in [-0.25, -0.2) is 4.79 Å². The van der Waals surface area contributed by atoms with E-state index in [1.807, 2.05) is 0 Å². The van der Waals surface area contributed by atoms with Crippen LogP contribution in [0.1, 0.15) is 91.8 Å². The molecule has 0 aliphatic carbocycles. The van der Waals surface area contributed by atoms with Crippen LogP contribution in [0.2, 0.25) is 0 Å². The summed E-state index contributed by atoms with van der Waals surface area (Å²) in [4.78, 5) is 38.8. The molecule has 240 valence electrons. The number of Topliss-reactive ketones (excluding diaryl/α,β-unsaturated/α-hetero) is 1. The number of cyclic esters (lactones) is 1. The fourth-order valence-corrected chi connectivity index (χ4v) is 5.23. The van der Waals surface area contributed by atoms with Gasteiger partial charge in [-0.2, -0.15) is 0 Å². The Balaban J connectivity index is 2.23. The number of phenols is 2. The number of aliphatic hydroxyl groups excluding tert-OH is 1. The maximum atomic E-state index is 13.5. The predicted molar refractivity (Wildman–Crippen MR) is 164 cm³/mol. The third kappa shape index (κ3) is 8.66. The van der Waals surface area contributed by atoms with E-state index >= 15 is 0 Å². The summed E-state index contributed by atoms with van der Waals surface area (Å²) in [5, 5.41) is 35.4. The topological polar surface area (TPSA) is 161 Å². The van der Waals surface area contributed by atoms with Gasteiger partial charge in [-0.1, -0.05) is 12.2 Å². The molecule has 0 bridgehead atoms. The number of fused-ring (bicyclic) bond motifs is 1. The zero-order chi connectivity index (χ0) is 32.4. The van der Waals surface area contributed by atoms with E-state index in [9.17, 15) is 29.7 Å². The van der Waals surface area contributed by atoms with E-state index in [0.29, 0.717) is 49.8 Å². The van der Waals surface area contributed by atoms with Crippen LogP contribution in [0.3, 0.4) is 0 Å². The molecular weight excluding hydrogens is 570 g/mol. The highest BCUT2D eigenvalue weighted by Gasteiger charge is 2.32. The van der Waals surface area contributed by atoms with Crippen molar-refractivity contribution in [2.45, 2.75) is 76.9 Å². The Morgan fingerprint density at radius 1 is 1.05 bits per heavy atom. The van der Waals surface area contributed by atoms with E-state index < -0.39 is 35.8 Å². The lowest BCUT2D eigenvalue weighted by molar-refractivity contribution is -0.122. The van der Waals surface area contributed by atoms with Crippen molar-refractivity contribution in [3.63, 3.8) is 0 Å². The molecule has 0 spiro atoms. The molecule has 1 aliphatic heterocycles. The second-order valence-corrected chi connectivity index (χ2v) is 10.9. The minimum Gasteiger partial charge on any atom is -0.507 e. The zero-order valence-electron chi connectivity index (χ0n) is 26.0. The van der Waals surface area contributed by atoms with Gasteiger partial charge in [0.1, 0.15) is 22.8 Å². The van der Waals surface area contributed by atoms with Crippen molar-refractivity contribution >= 4 is 23.7 Å². The number of phenolic OH excluding ortho intramolecular Hbond substituents is 2. The maximum absolute atomic E-state index is 13.5. The van der Waals surface area contributed by atoms with Crippen LogP contribution >= 0.6 is 0 Å². The number of hydrogen-bond donors (Lipinski definition) is 4. The highest BCUT2D eigenvalue weighted by Crippen LogP contribution is 2.47. The number of amides is 1. The van der Waals surface area contributed by atoms with E-state index in [0.717, 1.165) is 0 Å². The molecule has 0 saturated carbocycles. The molecular formula is C33H43NO10. The lowest BCUT2D eigenvalue weighted by atomic mass is 9.84. The van der Waals surface area contributed by atoms with Crippen molar-refractivity contribution in [3.05, 3.63) is 46.5 Å². The van der Waals surface area contributed by atoms with Gasteiger partial charge in [-0.3, -0.25) is 9.59 Å². The molecule has 3 unspecified atom stereocenters. The quantitative estimate of drug-likeness (QED) is 0.294. The van der Waals surface area contributed by atoms with Gasteiger partial charge >= 0.3 is 5.97 Å². The summed E-state index contributed by atoms with van der Waals surface area (Å²) in [6.45, 7) is 3.23. The molecule has 3 atom stereocenters. The number of hydrogen-bond acceptors (Lipinski definition) is 10. The summed E-state index contributed by atoms with van der Waals surface area (Å²) in [5.41, 5.74) is 0.414. The molecule has 44 heavy (non-hydrogen) atoms. The molecule has 1 amide bonds. The third-order valence-electron chi connectivity index (χ3n) is 7.47. The van der Waals surface area contributed by atoms with Crippen molar-refractivity contribution in [3.8, 4) is 28.7 Å². The van der Waals surface area contributed by atoms with Crippen molar-refractivity contribution < 1.29 is 48.7 Å². The Bertz CT molecular complexity index is 1340. The molecule has 2 aromatic rings.